The first kappa shape index (κ1) is 29.6. The van der Waals surface area contributed by atoms with Crippen molar-refractivity contribution in [3.05, 3.63) is 60.2 Å². The van der Waals surface area contributed by atoms with E-state index in [1.807, 2.05) is 44.2 Å². The highest BCUT2D eigenvalue weighted by Gasteiger charge is 2.34. The molecule has 0 heterocycles. The quantitative estimate of drug-likeness (QED) is 0.227. The monoisotopic (exact) mass is 520 g/mol. The van der Waals surface area contributed by atoms with E-state index >= 15 is 0 Å². The molecule has 0 bridgehead atoms. The van der Waals surface area contributed by atoms with Crippen LogP contribution < -0.4 is 16.4 Å². The van der Waals surface area contributed by atoms with Gasteiger partial charge in [0, 0.05) is 25.8 Å². The van der Waals surface area contributed by atoms with Gasteiger partial charge < -0.3 is 26.6 Å². The maximum absolute atomic E-state index is 13.8. The number of nitrogens with two attached hydrogens (primary N) is 1. The number of nitrogens with one attached hydrogen (secondary N) is 2. The summed E-state index contributed by atoms with van der Waals surface area (Å²) in [4.78, 5) is 11.6. The van der Waals surface area contributed by atoms with Crippen LogP contribution in [-0.4, -0.2) is 67.9 Å². The number of carbonyl (C=O) groups is 1. The van der Waals surface area contributed by atoms with Gasteiger partial charge in [0.25, 0.3) is 0 Å². The van der Waals surface area contributed by atoms with Crippen molar-refractivity contribution in [1.82, 2.24) is 9.62 Å². The number of hydrogen-bond acceptors (Lipinski definition) is 6. The molecule has 2 aromatic carbocycles. The van der Waals surface area contributed by atoms with Gasteiger partial charge in [-0.15, -0.1) is 0 Å². The maximum atomic E-state index is 13.8. The molecule has 0 unspecified atom stereocenters. The van der Waals surface area contributed by atoms with E-state index in [1.165, 1.54) is 10.4 Å². The van der Waals surface area contributed by atoms with Crippen LogP contribution >= 0.6 is 0 Å². The summed E-state index contributed by atoms with van der Waals surface area (Å²) < 4.78 is 28.8. The molecular weight excluding hydrogens is 480 g/mol. The van der Waals surface area contributed by atoms with Gasteiger partial charge in [-0.25, -0.2) is 13.2 Å². The molecule has 0 radical (unpaired) electrons. The zero-order chi connectivity index (χ0) is 26.8. The summed E-state index contributed by atoms with van der Waals surface area (Å²) in [5, 5.41) is 25.8. The molecule has 36 heavy (non-hydrogen) atoms. The molecule has 0 aliphatic heterocycles. The van der Waals surface area contributed by atoms with Crippen LogP contribution in [0.2, 0.25) is 0 Å². The lowest BCUT2D eigenvalue weighted by molar-refractivity contribution is 0.0903. The van der Waals surface area contributed by atoms with Crippen LogP contribution in [0.4, 0.5) is 10.5 Å². The molecule has 1 amide bonds. The second kappa shape index (κ2) is 13.6. The summed E-state index contributed by atoms with van der Waals surface area (Å²) in [6.45, 7) is 4.44. The summed E-state index contributed by atoms with van der Waals surface area (Å²) in [5.74, 6) is 0. The van der Waals surface area contributed by atoms with E-state index in [0.29, 0.717) is 12.2 Å². The molecular formula is C26H40N4O5S. The van der Waals surface area contributed by atoms with E-state index in [-0.39, 0.29) is 24.4 Å². The molecule has 200 valence electrons. The van der Waals surface area contributed by atoms with Crippen LogP contribution in [0.15, 0.2) is 59.5 Å². The Labute approximate surface area is 214 Å². The average molecular weight is 521 g/mol. The highest BCUT2D eigenvalue weighted by molar-refractivity contribution is 7.89. The van der Waals surface area contributed by atoms with Gasteiger partial charge in [-0.2, -0.15) is 4.31 Å². The molecule has 0 aliphatic carbocycles. The second-order valence-electron chi connectivity index (χ2n) is 9.80. The number of unbranched alkanes of at least 4 members (excludes halogenated alkanes) is 1. The molecule has 0 spiro atoms. The van der Waals surface area contributed by atoms with E-state index < -0.39 is 33.7 Å². The average Bonchev–Trinajstić information content (AvgIpc) is 2.83. The van der Waals surface area contributed by atoms with Gasteiger partial charge in [-0.3, -0.25) is 0 Å². The van der Waals surface area contributed by atoms with E-state index in [0.717, 1.165) is 24.8 Å². The summed E-state index contributed by atoms with van der Waals surface area (Å²) in [7, 11) is -2.29. The predicted molar refractivity (Wildman–Crippen MR) is 143 cm³/mol. The van der Waals surface area contributed by atoms with Gasteiger partial charge in [0.2, 0.25) is 10.0 Å². The van der Waals surface area contributed by atoms with Crippen molar-refractivity contribution in [2.75, 3.05) is 32.0 Å². The Morgan fingerprint density at radius 3 is 2.42 bits per heavy atom. The minimum Gasteiger partial charge on any atom is -0.465 e. The van der Waals surface area contributed by atoms with E-state index in [1.54, 1.807) is 25.2 Å². The highest BCUT2D eigenvalue weighted by Crippen LogP contribution is 2.29. The van der Waals surface area contributed by atoms with Crippen molar-refractivity contribution in [2.45, 2.75) is 56.6 Å². The molecule has 0 saturated heterocycles. The standard InChI is InChI=1S/C26H40N4O5S/c1-26(2,14-7-8-15-27)19-30(36(34,35)22-13-9-12-21(17-22)28-3)18-24(31)23(29-25(32)33)16-20-10-5-4-6-11-20/h4-6,9-13,17,23-24,28-29,31H,7-8,14-16,18-19,27H2,1-3H3,(H,32,33)/t23-,24+/m0/s1. The number of amides is 1. The third kappa shape index (κ3) is 9.09. The number of benzene rings is 2. The lowest BCUT2D eigenvalue weighted by atomic mass is 9.87. The zero-order valence-electron chi connectivity index (χ0n) is 21.4. The minimum atomic E-state index is -3.99. The number of sulfonamides is 1. The fourth-order valence-corrected chi connectivity index (χ4v) is 5.85. The van der Waals surface area contributed by atoms with Gasteiger partial charge in [-0.05, 0) is 55.0 Å². The molecule has 0 fully saturated rings. The number of hydrogen-bond donors (Lipinski definition) is 5. The fourth-order valence-electron chi connectivity index (χ4n) is 4.16. The first-order valence-electron chi connectivity index (χ1n) is 12.2. The molecule has 0 aliphatic rings. The second-order valence-corrected chi connectivity index (χ2v) is 11.7. The summed E-state index contributed by atoms with van der Waals surface area (Å²) in [5.41, 5.74) is 6.72. The molecule has 10 heteroatoms. The lowest BCUT2D eigenvalue weighted by Crippen LogP contribution is -2.51. The van der Waals surface area contributed by atoms with Crippen molar-refractivity contribution in [3.63, 3.8) is 0 Å². The van der Waals surface area contributed by atoms with Crippen molar-refractivity contribution in [1.29, 1.82) is 0 Å². The lowest BCUT2D eigenvalue weighted by Gasteiger charge is -2.35. The number of carboxylic acid groups (broad SMARTS) is 1. The molecule has 6 N–H and O–H groups in total. The van der Waals surface area contributed by atoms with Crippen molar-refractivity contribution in [3.8, 4) is 0 Å². The van der Waals surface area contributed by atoms with Gasteiger partial charge in [0.15, 0.2) is 0 Å². The molecule has 2 aromatic rings. The Kier molecular flexibility index (Phi) is 11.2. The van der Waals surface area contributed by atoms with Crippen molar-refractivity contribution in [2.24, 2.45) is 11.1 Å². The Morgan fingerprint density at radius 1 is 1.11 bits per heavy atom. The number of aliphatic hydroxyl groups excluding tert-OH is 1. The minimum absolute atomic E-state index is 0.102. The Morgan fingerprint density at radius 2 is 1.81 bits per heavy atom. The molecule has 0 aromatic heterocycles. The van der Waals surface area contributed by atoms with Crippen LogP contribution in [0.25, 0.3) is 0 Å². The van der Waals surface area contributed by atoms with E-state index in [9.17, 15) is 23.4 Å². The molecule has 9 nitrogen and oxygen atoms in total. The first-order chi connectivity index (χ1) is 17.0. The normalized spacial score (nSPS) is 13.8. The highest BCUT2D eigenvalue weighted by atomic mass is 32.2. The first-order valence-corrected chi connectivity index (χ1v) is 13.6. The summed E-state index contributed by atoms with van der Waals surface area (Å²) in [6, 6.07) is 14.8. The number of rotatable bonds is 15. The van der Waals surface area contributed by atoms with Gasteiger partial charge in [0.1, 0.15) is 0 Å². The van der Waals surface area contributed by atoms with Crippen LogP contribution in [0.5, 0.6) is 0 Å². The van der Waals surface area contributed by atoms with Crippen molar-refractivity contribution < 1.29 is 23.4 Å². The topological polar surface area (TPSA) is 145 Å². The molecule has 2 atom stereocenters. The fraction of sp³-hybridized carbons (Fsp3) is 0.500. The Bertz CT molecular complexity index is 1060. The SMILES string of the molecule is CNc1cccc(S(=O)(=O)N(C[C@@H](O)[C@H](Cc2ccccc2)NC(=O)O)CC(C)(C)CCCCN)c1. The van der Waals surface area contributed by atoms with E-state index in [4.69, 9.17) is 5.73 Å². The van der Waals surface area contributed by atoms with Crippen LogP contribution in [-0.2, 0) is 16.4 Å². The number of aliphatic hydroxyl groups is 1. The van der Waals surface area contributed by atoms with Crippen LogP contribution in [0.1, 0.15) is 38.7 Å². The predicted octanol–water partition coefficient (Wildman–Crippen LogP) is 3.11. The largest absolute Gasteiger partial charge is 0.465 e. The smallest absolute Gasteiger partial charge is 0.404 e. The van der Waals surface area contributed by atoms with Crippen molar-refractivity contribution >= 4 is 21.8 Å². The van der Waals surface area contributed by atoms with Crippen LogP contribution in [0, 0.1) is 5.41 Å². The summed E-state index contributed by atoms with van der Waals surface area (Å²) >= 11 is 0. The van der Waals surface area contributed by atoms with Gasteiger partial charge in [-0.1, -0.05) is 56.7 Å². The zero-order valence-corrected chi connectivity index (χ0v) is 22.2. The van der Waals surface area contributed by atoms with Gasteiger partial charge in [0.05, 0.1) is 17.0 Å². The summed E-state index contributed by atoms with van der Waals surface area (Å²) in [6.07, 6.45) is 0.106. The van der Waals surface area contributed by atoms with Gasteiger partial charge >= 0.3 is 6.09 Å². The third-order valence-electron chi connectivity index (χ3n) is 6.14. The molecule has 2 rings (SSSR count). The Balaban J connectivity index is 2.37. The maximum Gasteiger partial charge on any atom is 0.404 e. The van der Waals surface area contributed by atoms with Crippen LogP contribution in [0.3, 0.4) is 0 Å². The number of nitrogens with zero attached hydrogens (tertiary/aromatic N) is 1. The Hall–Kier alpha value is -2.66. The van der Waals surface area contributed by atoms with E-state index in [2.05, 4.69) is 10.6 Å². The molecule has 0 saturated carbocycles. The third-order valence-corrected chi connectivity index (χ3v) is 7.94. The number of anilines is 1.